The minimum Gasteiger partial charge on any atom is -0.465 e. The molecule has 1 saturated heterocycles. The van der Waals surface area contributed by atoms with Gasteiger partial charge in [0.1, 0.15) is 6.04 Å². The van der Waals surface area contributed by atoms with Crippen LogP contribution in [0, 0.1) is 5.92 Å². The highest BCUT2D eigenvalue weighted by Crippen LogP contribution is 2.13. The van der Waals surface area contributed by atoms with Crippen LogP contribution in [-0.4, -0.2) is 25.2 Å². The Hall–Kier alpha value is -0.570. The van der Waals surface area contributed by atoms with Crippen molar-refractivity contribution >= 4 is 5.97 Å². The fourth-order valence-electron chi connectivity index (χ4n) is 1.33. The first kappa shape index (κ1) is 8.53. The van der Waals surface area contributed by atoms with Crippen molar-refractivity contribution in [3.63, 3.8) is 0 Å². The first-order chi connectivity index (χ1) is 5.24. The molecular weight excluding hydrogens is 142 g/mol. The van der Waals surface area contributed by atoms with E-state index < -0.39 is 0 Å². The van der Waals surface area contributed by atoms with E-state index in [2.05, 4.69) is 12.2 Å². The van der Waals surface area contributed by atoms with Gasteiger partial charge in [-0.2, -0.15) is 0 Å². The zero-order valence-electron chi connectivity index (χ0n) is 7.09. The number of ether oxygens (including phenoxy) is 1. The van der Waals surface area contributed by atoms with Gasteiger partial charge in [-0.3, -0.25) is 4.79 Å². The summed E-state index contributed by atoms with van der Waals surface area (Å²) in [4.78, 5) is 11.1. The summed E-state index contributed by atoms with van der Waals surface area (Å²) in [6.07, 6.45) is 0.916. The zero-order chi connectivity index (χ0) is 8.27. The molecule has 0 radical (unpaired) electrons. The number of esters is 1. The van der Waals surface area contributed by atoms with E-state index >= 15 is 0 Å². The Morgan fingerprint density at radius 2 is 2.45 bits per heavy atom. The lowest BCUT2D eigenvalue weighted by Crippen LogP contribution is -2.32. The van der Waals surface area contributed by atoms with Crippen LogP contribution >= 0.6 is 0 Å². The van der Waals surface area contributed by atoms with Crippen LogP contribution in [0.15, 0.2) is 0 Å². The molecule has 1 fully saturated rings. The largest absolute Gasteiger partial charge is 0.465 e. The molecule has 64 valence electrons. The van der Waals surface area contributed by atoms with E-state index in [1.54, 1.807) is 0 Å². The summed E-state index contributed by atoms with van der Waals surface area (Å²) >= 11 is 0. The van der Waals surface area contributed by atoms with Crippen molar-refractivity contribution in [2.75, 3.05) is 13.2 Å². The minimum absolute atomic E-state index is 0.0510. The molecule has 0 aromatic heterocycles. The second-order valence-corrected chi connectivity index (χ2v) is 3.05. The third-order valence-electron chi connectivity index (χ3n) is 1.92. The molecule has 2 atom stereocenters. The number of carbonyl (C=O) groups excluding carboxylic acids is 1. The lowest BCUT2D eigenvalue weighted by atomic mass is 10.1. The molecule has 1 N–H and O–H groups in total. The van der Waals surface area contributed by atoms with Gasteiger partial charge >= 0.3 is 5.97 Å². The number of hydrogen-bond donors (Lipinski definition) is 1. The van der Waals surface area contributed by atoms with Gasteiger partial charge in [-0.05, 0) is 25.8 Å². The van der Waals surface area contributed by atoms with Gasteiger partial charge in [0.15, 0.2) is 0 Å². The fraction of sp³-hybridized carbons (Fsp3) is 0.875. The van der Waals surface area contributed by atoms with Crippen LogP contribution in [-0.2, 0) is 9.53 Å². The summed E-state index contributed by atoms with van der Waals surface area (Å²) in [5.74, 6) is 0.501. The molecule has 0 aromatic rings. The third-order valence-corrected chi connectivity index (χ3v) is 1.92. The predicted octanol–water partition coefficient (Wildman–Crippen LogP) is 0.547. The summed E-state index contributed by atoms with van der Waals surface area (Å²) in [5.41, 5.74) is 0. The molecule has 3 heteroatoms. The van der Waals surface area contributed by atoms with E-state index in [-0.39, 0.29) is 12.0 Å². The molecule has 1 rings (SSSR count). The second-order valence-electron chi connectivity index (χ2n) is 3.05. The van der Waals surface area contributed by atoms with Gasteiger partial charge in [0, 0.05) is 0 Å². The van der Waals surface area contributed by atoms with Crippen LogP contribution in [0.4, 0.5) is 0 Å². The summed E-state index contributed by atoms with van der Waals surface area (Å²) in [6.45, 7) is 5.37. The number of hydrogen-bond acceptors (Lipinski definition) is 3. The van der Waals surface area contributed by atoms with Crippen molar-refractivity contribution < 1.29 is 9.53 Å². The van der Waals surface area contributed by atoms with Crippen LogP contribution in [0.25, 0.3) is 0 Å². The summed E-state index contributed by atoms with van der Waals surface area (Å²) < 4.78 is 4.87. The third kappa shape index (κ3) is 2.19. The van der Waals surface area contributed by atoms with E-state index in [4.69, 9.17) is 4.74 Å². The predicted molar refractivity (Wildman–Crippen MR) is 42.2 cm³/mol. The normalized spacial score (nSPS) is 30.4. The van der Waals surface area contributed by atoms with Crippen LogP contribution in [0.1, 0.15) is 20.3 Å². The smallest absolute Gasteiger partial charge is 0.323 e. The zero-order valence-corrected chi connectivity index (χ0v) is 7.09. The van der Waals surface area contributed by atoms with Crippen LogP contribution in [0.3, 0.4) is 0 Å². The molecule has 1 aliphatic rings. The molecule has 3 nitrogen and oxygen atoms in total. The van der Waals surface area contributed by atoms with Gasteiger partial charge in [0.2, 0.25) is 0 Å². The van der Waals surface area contributed by atoms with Gasteiger partial charge in [-0.15, -0.1) is 0 Å². The molecule has 0 bridgehead atoms. The molecule has 0 spiro atoms. The van der Waals surface area contributed by atoms with Gasteiger partial charge < -0.3 is 10.1 Å². The summed E-state index contributed by atoms with van der Waals surface area (Å²) in [7, 11) is 0. The Labute approximate surface area is 67.1 Å². The number of rotatable bonds is 2. The van der Waals surface area contributed by atoms with Gasteiger partial charge in [-0.1, -0.05) is 6.92 Å². The maximum absolute atomic E-state index is 11.1. The SMILES string of the molecule is CCOC(=O)[C@@H]1CC(C)CN1. The highest BCUT2D eigenvalue weighted by Gasteiger charge is 2.27. The van der Waals surface area contributed by atoms with Gasteiger partial charge in [0.05, 0.1) is 6.61 Å². The maximum atomic E-state index is 11.1. The summed E-state index contributed by atoms with van der Waals surface area (Å²) in [6, 6.07) is -0.0510. The highest BCUT2D eigenvalue weighted by atomic mass is 16.5. The quantitative estimate of drug-likeness (QED) is 0.595. The van der Waals surface area contributed by atoms with Crippen molar-refractivity contribution in [2.45, 2.75) is 26.3 Å². The Kier molecular flexibility index (Phi) is 2.88. The van der Waals surface area contributed by atoms with E-state index in [9.17, 15) is 4.79 Å². The van der Waals surface area contributed by atoms with Crippen molar-refractivity contribution in [2.24, 2.45) is 5.92 Å². The lowest BCUT2D eigenvalue weighted by molar-refractivity contribution is -0.145. The monoisotopic (exact) mass is 157 g/mol. The molecule has 0 saturated carbocycles. The number of nitrogens with one attached hydrogen (secondary N) is 1. The van der Waals surface area contributed by atoms with Crippen molar-refractivity contribution in [3.05, 3.63) is 0 Å². The molecular formula is C8H15NO2. The van der Waals surface area contributed by atoms with Gasteiger partial charge in [0.25, 0.3) is 0 Å². The molecule has 1 unspecified atom stereocenters. The molecule has 1 aliphatic heterocycles. The van der Waals surface area contributed by atoms with Gasteiger partial charge in [-0.25, -0.2) is 0 Å². The fourth-order valence-corrected chi connectivity index (χ4v) is 1.33. The first-order valence-electron chi connectivity index (χ1n) is 4.14. The minimum atomic E-state index is -0.100. The standard InChI is InChI=1S/C8H15NO2/c1-3-11-8(10)7-4-6(2)5-9-7/h6-7,9H,3-5H2,1-2H3/t6?,7-/m0/s1. The van der Waals surface area contributed by atoms with Crippen LogP contribution < -0.4 is 5.32 Å². The second kappa shape index (κ2) is 3.72. The van der Waals surface area contributed by atoms with Crippen molar-refractivity contribution in [1.82, 2.24) is 5.32 Å². The Morgan fingerprint density at radius 1 is 1.73 bits per heavy atom. The average molecular weight is 157 g/mol. The number of carbonyl (C=O) groups is 1. The van der Waals surface area contributed by atoms with Crippen LogP contribution in [0.2, 0.25) is 0 Å². The van der Waals surface area contributed by atoms with E-state index in [1.165, 1.54) is 0 Å². The summed E-state index contributed by atoms with van der Waals surface area (Å²) in [5, 5.41) is 3.12. The van der Waals surface area contributed by atoms with E-state index in [1.807, 2.05) is 6.92 Å². The van der Waals surface area contributed by atoms with E-state index in [0.717, 1.165) is 13.0 Å². The average Bonchev–Trinajstić information content (AvgIpc) is 2.36. The van der Waals surface area contributed by atoms with Crippen molar-refractivity contribution in [3.8, 4) is 0 Å². The molecule has 11 heavy (non-hydrogen) atoms. The highest BCUT2D eigenvalue weighted by molar-refractivity contribution is 5.76. The molecule has 0 aliphatic carbocycles. The van der Waals surface area contributed by atoms with E-state index in [0.29, 0.717) is 12.5 Å². The Bertz CT molecular complexity index is 147. The molecule has 0 aromatic carbocycles. The Balaban J connectivity index is 2.31. The first-order valence-corrected chi connectivity index (χ1v) is 4.14. The van der Waals surface area contributed by atoms with Crippen molar-refractivity contribution in [1.29, 1.82) is 0 Å². The Morgan fingerprint density at radius 3 is 2.91 bits per heavy atom. The maximum Gasteiger partial charge on any atom is 0.323 e. The molecule has 0 amide bonds. The molecule has 1 heterocycles. The lowest BCUT2D eigenvalue weighted by Gasteiger charge is -2.07. The van der Waals surface area contributed by atoms with Crippen LogP contribution in [0.5, 0.6) is 0 Å². The topological polar surface area (TPSA) is 38.3 Å².